The first-order valence-electron chi connectivity index (χ1n) is 9.12. The Labute approximate surface area is 143 Å². The third kappa shape index (κ3) is 3.18. The van der Waals surface area contributed by atoms with E-state index < -0.39 is 0 Å². The molecule has 0 unspecified atom stereocenters. The van der Waals surface area contributed by atoms with Crippen molar-refractivity contribution in [1.82, 2.24) is 9.80 Å². The van der Waals surface area contributed by atoms with E-state index in [1.54, 1.807) is 0 Å². The molecule has 0 bridgehead atoms. The van der Waals surface area contributed by atoms with Crippen LogP contribution in [0.3, 0.4) is 0 Å². The third-order valence-electron chi connectivity index (χ3n) is 5.44. The molecule has 4 rings (SSSR count). The summed E-state index contributed by atoms with van der Waals surface area (Å²) in [4.78, 5) is 30.9. The number of anilines is 1. The lowest BCUT2D eigenvalue weighted by Gasteiger charge is -2.35. The maximum Gasteiger partial charge on any atom is 0.228 e. The minimum Gasteiger partial charge on any atom is -0.340 e. The van der Waals surface area contributed by atoms with Gasteiger partial charge in [-0.15, -0.1) is 0 Å². The van der Waals surface area contributed by atoms with Gasteiger partial charge in [-0.25, -0.2) is 0 Å². The van der Waals surface area contributed by atoms with Crippen molar-refractivity contribution in [2.75, 3.05) is 44.2 Å². The number of fused-ring (bicyclic) bond motifs is 1. The van der Waals surface area contributed by atoms with Gasteiger partial charge in [0.15, 0.2) is 0 Å². The van der Waals surface area contributed by atoms with Crippen molar-refractivity contribution in [3.63, 3.8) is 0 Å². The Hall–Kier alpha value is -1.88. The zero-order valence-electron chi connectivity index (χ0n) is 14.1. The maximum atomic E-state index is 12.6. The SMILES string of the molecule is O=C(C1CC1)N1CCN(CCC(=O)N2CCc3ccccc32)CC1. The summed E-state index contributed by atoms with van der Waals surface area (Å²) in [5.74, 6) is 0.879. The molecule has 1 aromatic carbocycles. The van der Waals surface area contributed by atoms with Gasteiger partial charge in [0, 0.05) is 57.3 Å². The number of carbonyl (C=O) groups excluding carboxylic acids is 2. The lowest BCUT2D eigenvalue weighted by atomic mass is 10.2. The molecule has 24 heavy (non-hydrogen) atoms. The van der Waals surface area contributed by atoms with Crippen LogP contribution in [0.5, 0.6) is 0 Å². The van der Waals surface area contributed by atoms with Crippen LogP contribution < -0.4 is 4.90 Å². The number of carbonyl (C=O) groups is 2. The third-order valence-corrected chi connectivity index (χ3v) is 5.44. The molecule has 1 aromatic rings. The van der Waals surface area contributed by atoms with Crippen LogP contribution in [0.4, 0.5) is 5.69 Å². The topological polar surface area (TPSA) is 43.9 Å². The molecule has 128 valence electrons. The molecule has 1 saturated carbocycles. The zero-order valence-corrected chi connectivity index (χ0v) is 14.1. The van der Waals surface area contributed by atoms with Gasteiger partial charge in [-0.1, -0.05) is 18.2 Å². The molecule has 0 atom stereocenters. The van der Waals surface area contributed by atoms with Crippen molar-refractivity contribution < 1.29 is 9.59 Å². The van der Waals surface area contributed by atoms with E-state index in [9.17, 15) is 9.59 Å². The van der Waals surface area contributed by atoms with Crippen LogP contribution in [0, 0.1) is 5.92 Å². The van der Waals surface area contributed by atoms with Crippen molar-refractivity contribution in [1.29, 1.82) is 0 Å². The second-order valence-electron chi connectivity index (χ2n) is 7.12. The fraction of sp³-hybridized carbons (Fsp3) is 0.579. The van der Waals surface area contributed by atoms with Crippen LogP contribution in [-0.4, -0.2) is 60.9 Å². The highest BCUT2D eigenvalue weighted by atomic mass is 16.2. The lowest BCUT2D eigenvalue weighted by molar-refractivity contribution is -0.134. The summed E-state index contributed by atoms with van der Waals surface area (Å²) in [6.07, 6.45) is 3.67. The van der Waals surface area contributed by atoms with E-state index in [1.807, 2.05) is 28.0 Å². The predicted octanol–water partition coefficient (Wildman–Crippen LogP) is 1.52. The molecule has 2 fully saturated rings. The molecule has 3 aliphatic rings. The van der Waals surface area contributed by atoms with Gasteiger partial charge in [0.25, 0.3) is 0 Å². The lowest BCUT2D eigenvalue weighted by Crippen LogP contribution is -2.49. The summed E-state index contributed by atoms with van der Waals surface area (Å²) in [5.41, 5.74) is 2.36. The van der Waals surface area contributed by atoms with Crippen LogP contribution in [0.1, 0.15) is 24.8 Å². The molecule has 0 radical (unpaired) electrons. The maximum absolute atomic E-state index is 12.6. The average molecular weight is 327 g/mol. The Balaban J connectivity index is 1.24. The molecule has 0 spiro atoms. The van der Waals surface area contributed by atoms with Gasteiger partial charge in [-0.3, -0.25) is 14.5 Å². The van der Waals surface area contributed by atoms with Crippen LogP contribution in [0.15, 0.2) is 24.3 Å². The minimum absolute atomic E-state index is 0.219. The number of hydrogen-bond donors (Lipinski definition) is 0. The summed E-state index contributed by atoms with van der Waals surface area (Å²) < 4.78 is 0. The van der Waals surface area contributed by atoms with Gasteiger partial charge in [-0.05, 0) is 30.9 Å². The Bertz CT molecular complexity index is 633. The fourth-order valence-corrected chi connectivity index (χ4v) is 3.77. The monoisotopic (exact) mass is 327 g/mol. The van der Waals surface area contributed by atoms with Crippen molar-refractivity contribution in [2.24, 2.45) is 5.92 Å². The highest BCUT2D eigenvalue weighted by molar-refractivity contribution is 5.95. The van der Waals surface area contributed by atoms with Crippen molar-refractivity contribution >= 4 is 17.5 Å². The Morgan fingerprint density at radius 3 is 2.50 bits per heavy atom. The first-order valence-corrected chi connectivity index (χ1v) is 9.12. The molecular weight excluding hydrogens is 302 g/mol. The van der Waals surface area contributed by atoms with Gasteiger partial charge >= 0.3 is 0 Å². The number of piperazine rings is 1. The highest BCUT2D eigenvalue weighted by Gasteiger charge is 2.34. The van der Waals surface area contributed by atoms with E-state index in [-0.39, 0.29) is 5.91 Å². The van der Waals surface area contributed by atoms with Crippen LogP contribution in [0.25, 0.3) is 0 Å². The second kappa shape index (κ2) is 6.55. The number of benzene rings is 1. The van der Waals surface area contributed by atoms with Gasteiger partial charge in [0.05, 0.1) is 0 Å². The normalized spacial score (nSPS) is 21.0. The van der Waals surface area contributed by atoms with Crippen molar-refractivity contribution in [3.05, 3.63) is 29.8 Å². The standard InChI is InChI=1S/C19H25N3O2/c23-18(22-10-7-15-3-1-2-4-17(15)22)8-9-20-11-13-21(14-12-20)19(24)16-5-6-16/h1-4,16H,5-14H2. The van der Waals surface area contributed by atoms with E-state index in [0.29, 0.717) is 18.2 Å². The van der Waals surface area contributed by atoms with E-state index >= 15 is 0 Å². The summed E-state index contributed by atoms with van der Waals surface area (Å²) >= 11 is 0. The summed E-state index contributed by atoms with van der Waals surface area (Å²) in [7, 11) is 0. The number of hydrogen-bond acceptors (Lipinski definition) is 3. The fourth-order valence-electron chi connectivity index (χ4n) is 3.77. The van der Waals surface area contributed by atoms with Crippen molar-refractivity contribution in [3.8, 4) is 0 Å². The first kappa shape index (κ1) is 15.6. The molecular formula is C19H25N3O2. The zero-order chi connectivity index (χ0) is 16.5. The highest BCUT2D eigenvalue weighted by Crippen LogP contribution is 2.31. The predicted molar refractivity (Wildman–Crippen MR) is 92.9 cm³/mol. The Morgan fingerprint density at radius 1 is 1.00 bits per heavy atom. The summed E-state index contributed by atoms with van der Waals surface area (Å²) in [5, 5.41) is 0. The molecule has 1 aliphatic carbocycles. The van der Waals surface area contributed by atoms with E-state index in [0.717, 1.165) is 64.2 Å². The van der Waals surface area contributed by atoms with Gasteiger partial charge in [0.1, 0.15) is 0 Å². The van der Waals surface area contributed by atoms with E-state index in [2.05, 4.69) is 11.0 Å². The molecule has 0 aromatic heterocycles. The van der Waals surface area contributed by atoms with Gasteiger partial charge in [0.2, 0.25) is 11.8 Å². The van der Waals surface area contributed by atoms with Crippen LogP contribution in [0.2, 0.25) is 0 Å². The molecule has 2 amide bonds. The number of rotatable bonds is 4. The molecule has 1 saturated heterocycles. The minimum atomic E-state index is 0.219. The number of nitrogens with zero attached hydrogens (tertiary/aromatic N) is 3. The molecule has 2 aliphatic heterocycles. The van der Waals surface area contributed by atoms with Gasteiger partial charge in [-0.2, -0.15) is 0 Å². The molecule has 2 heterocycles. The van der Waals surface area contributed by atoms with Crippen molar-refractivity contribution in [2.45, 2.75) is 25.7 Å². The van der Waals surface area contributed by atoms with Crippen LogP contribution >= 0.6 is 0 Å². The molecule has 5 nitrogen and oxygen atoms in total. The Kier molecular flexibility index (Phi) is 4.27. The second-order valence-corrected chi connectivity index (χ2v) is 7.12. The number of amides is 2. The van der Waals surface area contributed by atoms with Gasteiger partial charge < -0.3 is 9.80 Å². The first-order chi connectivity index (χ1) is 11.7. The Morgan fingerprint density at radius 2 is 1.75 bits per heavy atom. The quantitative estimate of drug-likeness (QED) is 0.842. The smallest absolute Gasteiger partial charge is 0.228 e. The van der Waals surface area contributed by atoms with Crippen LogP contribution in [-0.2, 0) is 16.0 Å². The average Bonchev–Trinajstić information content (AvgIpc) is 3.38. The number of para-hydroxylation sites is 1. The summed E-state index contributed by atoms with van der Waals surface area (Å²) in [6.45, 7) is 5.02. The summed E-state index contributed by atoms with van der Waals surface area (Å²) in [6, 6.07) is 8.19. The largest absolute Gasteiger partial charge is 0.340 e. The van der Waals surface area contributed by atoms with E-state index in [4.69, 9.17) is 0 Å². The molecule has 0 N–H and O–H groups in total. The molecule has 5 heteroatoms. The van der Waals surface area contributed by atoms with E-state index in [1.165, 1.54) is 5.56 Å².